The van der Waals surface area contributed by atoms with Gasteiger partial charge in [-0.1, -0.05) is 63.3 Å². The van der Waals surface area contributed by atoms with Gasteiger partial charge in [-0.25, -0.2) is 9.59 Å². The van der Waals surface area contributed by atoms with E-state index in [2.05, 4.69) is 22.9 Å². The van der Waals surface area contributed by atoms with Crippen LogP contribution in [-0.4, -0.2) is 55.7 Å². The minimum Gasteiger partial charge on any atom is -0.489 e. The molecule has 270 valence electrons. The molecule has 3 amide bonds. The monoisotopic (exact) mass is 679 g/mol. The summed E-state index contributed by atoms with van der Waals surface area (Å²) in [5.41, 5.74) is 1.75. The highest BCUT2D eigenvalue weighted by atomic mass is 16.6. The normalized spacial score (nSPS) is 16.6. The van der Waals surface area contributed by atoms with E-state index >= 15 is 0 Å². The molecule has 0 bridgehead atoms. The van der Waals surface area contributed by atoms with Gasteiger partial charge in [0.1, 0.15) is 24.0 Å². The number of methoxy groups -OCH3 is 1. The van der Waals surface area contributed by atoms with Crippen molar-refractivity contribution in [1.29, 1.82) is 0 Å². The minimum atomic E-state index is -0.695. The van der Waals surface area contributed by atoms with Gasteiger partial charge in [0, 0.05) is 25.4 Å². The molecular formula is C39H57N3O7. The molecule has 3 N–H and O–H groups in total. The maximum absolute atomic E-state index is 13.4. The number of benzene rings is 2. The van der Waals surface area contributed by atoms with E-state index in [-0.39, 0.29) is 29.6 Å². The highest BCUT2D eigenvalue weighted by Crippen LogP contribution is 2.29. The van der Waals surface area contributed by atoms with Crippen LogP contribution in [0.15, 0.2) is 48.5 Å². The number of unbranched alkanes of at least 4 members (excludes halogenated alkanes) is 5. The van der Waals surface area contributed by atoms with Crippen LogP contribution in [0.4, 0.5) is 4.79 Å². The second-order valence-corrected chi connectivity index (χ2v) is 14.0. The Morgan fingerprint density at radius 1 is 0.816 bits per heavy atom. The number of carbonyl (C=O) groups is 4. The van der Waals surface area contributed by atoms with Crippen molar-refractivity contribution in [3.05, 3.63) is 65.2 Å². The molecule has 0 heterocycles. The Kier molecular flexibility index (Phi) is 16.4. The molecule has 1 atom stereocenters. The number of hydrogen-bond donors (Lipinski definition) is 3. The standard InChI is InChI=1S/C39H57N3O7/c1-6-7-8-9-10-11-24-40-36(44)34(42-35(43)31-18-12-29(13-19-31)26-41-38(46)49-39(2,3)4)25-28-16-22-33(23-17-28)48-27-30-14-20-32(21-15-30)37(45)47-5/h14-17,20-23,29,31,34H,6-13,18-19,24-27H2,1-5H3,(H,40,44)(H,41,46)(H,42,43)/t29?,31?,34-/m0/s1. The summed E-state index contributed by atoms with van der Waals surface area (Å²) in [6.07, 6.45) is 9.77. The fraction of sp³-hybridized carbons (Fsp3) is 0.590. The Bertz CT molecular complexity index is 1310. The lowest BCUT2D eigenvalue weighted by Crippen LogP contribution is -2.50. The van der Waals surface area contributed by atoms with Crippen LogP contribution in [-0.2, 0) is 32.1 Å². The van der Waals surface area contributed by atoms with Crippen molar-refractivity contribution in [3.8, 4) is 5.75 Å². The van der Waals surface area contributed by atoms with Crippen molar-refractivity contribution in [2.45, 2.75) is 117 Å². The van der Waals surface area contributed by atoms with Gasteiger partial charge >= 0.3 is 12.1 Å². The average molecular weight is 680 g/mol. The number of nitrogens with one attached hydrogen (secondary N) is 3. The van der Waals surface area contributed by atoms with Crippen molar-refractivity contribution in [2.24, 2.45) is 11.8 Å². The van der Waals surface area contributed by atoms with Crippen LogP contribution in [0.1, 0.15) is 113 Å². The van der Waals surface area contributed by atoms with E-state index in [9.17, 15) is 19.2 Å². The largest absolute Gasteiger partial charge is 0.489 e. The van der Waals surface area contributed by atoms with Crippen LogP contribution < -0.4 is 20.7 Å². The van der Waals surface area contributed by atoms with Crippen molar-refractivity contribution in [2.75, 3.05) is 20.2 Å². The summed E-state index contributed by atoms with van der Waals surface area (Å²) in [6.45, 7) is 9.13. The minimum absolute atomic E-state index is 0.101. The molecule has 49 heavy (non-hydrogen) atoms. The summed E-state index contributed by atoms with van der Waals surface area (Å²) in [5.74, 6) is 0.124. The molecule has 0 aromatic heterocycles. The molecule has 1 fully saturated rings. The molecule has 1 saturated carbocycles. The smallest absolute Gasteiger partial charge is 0.407 e. The van der Waals surface area contributed by atoms with Crippen LogP contribution in [0, 0.1) is 11.8 Å². The van der Waals surface area contributed by atoms with Crippen LogP contribution in [0.5, 0.6) is 5.75 Å². The summed E-state index contributed by atoms with van der Waals surface area (Å²) in [4.78, 5) is 50.5. The van der Waals surface area contributed by atoms with Crippen LogP contribution in [0.2, 0.25) is 0 Å². The molecule has 2 aromatic carbocycles. The van der Waals surface area contributed by atoms with Gasteiger partial charge in [0.05, 0.1) is 12.7 Å². The SMILES string of the molecule is CCCCCCCCNC(=O)[C@H](Cc1ccc(OCc2ccc(C(=O)OC)cc2)cc1)NC(=O)C1CCC(CNC(=O)OC(C)(C)C)CC1. The van der Waals surface area contributed by atoms with Crippen molar-refractivity contribution in [1.82, 2.24) is 16.0 Å². The number of alkyl carbamates (subject to hydrolysis) is 1. The summed E-state index contributed by atoms with van der Waals surface area (Å²) in [5, 5.41) is 8.98. The predicted molar refractivity (Wildman–Crippen MR) is 190 cm³/mol. The molecule has 0 saturated heterocycles. The molecule has 10 heteroatoms. The lowest BCUT2D eigenvalue weighted by molar-refractivity contribution is -0.131. The van der Waals surface area contributed by atoms with Crippen molar-refractivity contribution < 1.29 is 33.4 Å². The van der Waals surface area contributed by atoms with Gasteiger partial charge in [0.15, 0.2) is 0 Å². The Hall–Kier alpha value is -4.08. The van der Waals surface area contributed by atoms with Crippen molar-refractivity contribution in [3.63, 3.8) is 0 Å². The second kappa shape index (κ2) is 20.4. The lowest BCUT2D eigenvalue weighted by Gasteiger charge is -2.29. The number of hydrogen-bond acceptors (Lipinski definition) is 7. The third-order valence-electron chi connectivity index (χ3n) is 8.76. The maximum Gasteiger partial charge on any atom is 0.407 e. The van der Waals surface area contributed by atoms with Gasteiger partial charge in [0.2, 0.25) is 11.8 Å². The van der Waals surface area contributed by atoms with Crippen molar-refractivity contribution >= 4 is 23.9 Å². The zero-order chi connectivity index (χ0) is 35.6. The van der Waals surface area contributed by atoms with Gasteiger partial charge in [-0.2, -0.15) is 0 Å². The zero-order valence-corrected chi connectivity index (χ0v) is 30.1. The number of ether oxygens (including phenoxy) is 3. The van der Waals surface area contributed by atoms with E-state index in [1.807, 2.05) is 57.2 Å². The Balaban J connectivity index is 1.54. The highest BCUT2D eigenvalue weighted by molar-refractivity contribution is 5.89. The lowest BCUT2D eigenvalue weighted by atomic mass is 9.81. The fourth-order valence-corrected chi connectivity index (χ4v) is 5.89. The third kappa shape index (κ3) is 14.9. The highest BCUT2D eigenvalue weighted by Gasteiger charge is 2.30. The van der Waals surface area contributed by atoms with E-state index in [1.54, 1.807) is 12.1 Å². The quantitative estimate of drug-likeness (QED) is 0.116. The number of carbonyl (C=O) groups excluding carboxylic acids is 4. The first-order valence-electron chi connectivity index (χ1n) is 17.9. The molecule has 0 unspecified atom stereocenters. The van der Waals surface area contributed by atoms with E-state index < -0.39 is 17.7 Å². The Labute approximate surface area is 292 Å². The summed E-state index contributed by atoms with van der Waals surface area (Å²) >= 11 is 0. The molecule has 3 rings (SSSR count). The molecular weight excluding hydrogens is 622 g/mol. The maximum atomic E-state index is 13.4. The first-order chi connectivity index (χ1) is 23.5. The topological polar surface area (TPSA) is 132 Å². The summed E-state index contributed by atoms with van der Waals surface area (Å²) < 4.78 is 16.0. The molecule has 10 nitrogen and oxygen atoms in total. The van der Waals surface area contributed by atoms with Gasteiger partial charge in [0.25, 0.3) is 0 Å². The summed E-state index contributed by atoms with van der Waals surface area (Å²) in [6, 6.07) is 13.9. The Morgan fingerprint density at radius 2 is 1.45 bits per heavy atom. The van der Waals surface area contributed by atoms with Crippen LogP contribution in [0.3, 0.4) is 0 Å². The number of esters is 1. The van der Waals surface area contributed by atoms with Gasteiger partial charge in [-0.05, 0) is 94.2 Å². The number of rotatable bonds is 18. The summed E-state index contributed by atoms with van der Waals surface area (Å²) in [7, 11) is 1.35. The number of amides is 3. The first kappa shape index (κ1) is 39.4. The first-order valence-corrected chi connectivity index (χ1v) is 17.9. The Morgan fingerprint density at radius 3 is 2.08 bits per heavy atom. The zero-order valence-electron chi connectivity index (χ0n) is 30.1. The van der Waals surface area contributed by atoms with Gasteiger partial charge in [-0.15, -0.1) is 0 Å². The third-order valence-corrected chi connectivity index (χ3v) is 8.76. The molecule has 1 aliphatic carbocycles. The van der Waals surface area contributed by atoms with Crippen LogP contribution >= 0.6 is 0 Å². The molecule has 0 spiro atoms. The predicted octanol–water partition coefficient (Wildman–Crippen LogP) is 6.89. The van der Waals surface area contributed by atoms with Gasteiger partial charge in [-0.3, -0.25) is 9.59 Å². The molecule has 1 aliphatic rings. The second-order valence-electron chi connectivity index (χ2n) is 14.0. The fourth-order valence-electron chi connectivity index (χ4n) is 5.89. The molecule has 2 aromatic rings. The van der Waals surface area contributed by atoms with E-state index in [0.717, 1.165) is 43.2 Å². The average Bonchev–Trinajstić information content (AvgIpc) is 3.09. The van der Waals surface area contributed by atoms with E-state index in [1.165, 1.54) is 26.4 Å². The van der Waals surface area contributed by atoms with E-state index in [0.29, 0.717) is 50.3 Å². The van der Waals surface area contributed by atoms with Crippen LogP contribution in [0.25, 0.3) is 0 Å². The van der Waals surface area contributed by atoms with E-state index in [4.69, 9.17) is 14.2 Å². The molecule has 0 radical (unpaired) electrons. The van der Waals surface area contributed by atoms with Gasteiger partial charge < -0.3 is 30.2 Å². The molecule has 0 aliphatic heterocycles.